The molecule has 2 aromatic rings. The number of halogens is 2. The first-order valence-corrected chi connectivity index (χ1v) is 7.81. The van der Waals surface area contributed by atoms with Crippen molar-refractivity contribution < 1.29 is 9.47 Å². The lowest BCUT2D eigenvalue weighted by molar-refractivity contribution is 0.215. The molecule has 0 aliphatic heterocycles. The Hall–Kier alpha value is -1.23. The lowest BCUT2D eigenvalue weighted by atomic mass is 10.2. The second-order valence-electron chi connectivity index (χ2n) is 4.40. The molecule has 0 atom stereocenters. The van der Waals surface area contributed by atoms with Gasteiger partial charge in [0, 0.05) is 21.6 Å². The van der Waals surface area contributed by atoms with Gasteiger partial charge >= 0.3 is 0 Å². The van der Waals surface area contributed by atoms with Gasteiger partial charge in [-0.15, -0.1) is 0 Å². The van der Waals surface area contributed by atoms with Crippen molar-refractivity contribution in [2.24, 2.45) is 0 Å². The second kappa shape index (κ2) is 8.27. The van der Waals surface area contributed by atoms with Crippen molar-refractivity contribution in [3.05, 3.63) is 57.5 Å². The van der Waals surface area contributed by atoms with Gasteiger partial charge < -0.3 is 14.8 Å². The van der Waals surface area contributed by atoms with E-state index in [4.69, 9.17) is 21.1 Å². The summed E-state index contributed by atoms with van der Waals surface area (Å²) in [6.07, 6.45) is 0. The molecule has 0 aromatic heterocycles. The number of nitrogens with one attached hydrogen (secondary N) is 1. The molecule has 1 N–H and O–H groups in total. The van der Waals surface area contributed by atoms with E-state index in [-0.39, 0.29) is 0 Å². The zero-order valence-electron chi connectivity index (χ0n) is 11.7. The summed E-state index contributed by atoms with van der Waals surface area (Å²) in [6.45, 7) is 1.61. The zero-order valence-corrected chi connectivity index (χ0v) is 14.1. The molecular weight excluding hydrogens is 354 g/mol. The Balaban J connectivity index is 1.86. The van der Waals surface area contributed by atoms with Crippen LogP contribution in [0.3, 0.4) is 0 Å². The molecule has 2 aromatic carbocycles. The second-order valence-corrected chi connectivity index (χ2v) is 5.72. The highest BCUT2D eigenvalue weighted by Gasteiger charge is 2.07. The van der Waals surface area contributed by atoms with Gasteiger partial charge in [0.2, 0.25) is 0 Å². The van der Waals surface area contributed by atoms with Crippen molar-refractivity contribution >= 4 is 27.5 Å². The molecule has 0 radical (unpaired) electrons. The molecule has 0 saturated carbocycles. The molecule has 0 heterocycles. The van der Waals surface area contributed by atoms with E-state index < -0.39 is 0 Å². The molecule has 0 aliphatic carbocycles. The molecule has 0 aliphatic rings. The van der Waals surface area contributed by atoms with E-state index in [1.54, 1.807) is 0 Å². The van der Waals surface area contributed by atoms with Crippen LogP contribution in [0, 0.1) is 0 Å². The fourth-order valence-electron chi connectivity index (χ4n) is 1.86. The fraction of sp³-hybridized carbons (Fsp3) is 0.250. The summed E-state index contributed by atoms with van der Waals surface area (Å²) in [5.41, 5.74) is 0.963. The van der Waals surface area contributed by atoms with Gasteiger partial charge in [-0.2, -0.15) is 0 Å². The highest BCUT2D eigenvalue weighted by Crippen LogP contribution is 2.26. The number of hydrogen-bond donors (Lipinski definition) is 1. The minimum Gasteiger partial charge on any atom is -0.490 e. The van der Waals surface area contributed by atoms with Gasteiger partial charge in [0.25, 0.3) is 0 Å². The van der Waals surface area contributed by atoms with E-state index in [0.29, 0.717) is 24.8 Å². The van der Waals surface area contributed by atoms with Crippen molar-refractivity contribution in [2.45, 2.75) is 6.54 Å². The van der Waals surface area contributed by atoms with Gasteiger partial charge in [-0.1, -0.05) is 33.6 Å². The average Bonchev–Trinajstić information content (AvgIpc) is 2.49. The third-order valence-corrected chi connectivity index (χ3v) is 3.74. The van der Waals surface area contributed by atoms with Crippen molar-refractivity contribution in [3.8, 4) is 11.5 Å². The molecule has 0 saturated heterocycles. The minimum atomic E-state index is 0.465. The zero-order chi connectivity index (χ0) is 15.1. The predicted molar refractivity (Wildman–Crippen MR) is 89.3 cm³/mol. The van der Waals surface area contributed by atoms with Crippen molar-refractivity contribution in [1.29, 1.82) is 0 Å². The maximum atomic E-state index is 6.18. The van der Waals surface area contributed by atoms with E-state index in [1.807, 2.05) is 49.5 Å². The summed E-state index contributed by atoms with van der Waals surface area (Å²) < 4.78 is 12.4. The van der Waals surface area contributed by atoms with Gasteiger partial charge in [0.05, 0.1) is 0 Å². The minimum absolute atomic E-state index is 0.465. The maximum absolute atomic E-state index is 6.18. The maximum Gasteiger partial charge on any atom is 0.125 e. The largest absolute Gasteiger partial charge is 0.490 e. The van der Waals surface area contributed by atoms with E-state index in [9.17, 15) is 0 Å². The average molecular weight is 371 g/mol. The Labute approximate surface area is 138 Å². The summed E-state index contributed by atoms with van der Waals surface area (Å²) in [6, 6.07) is 13.4. The van der Waals surface area contributed by atoms with Crippen molar-refractivity contribution in [3.63, 3.8) is 0 Å². The van der Waals surface area contributed by atoms with Gasteiger partial charge in [-0.25, -0.2) is 0 Å². The van der Waals surface area contributed by atoms with Crippen LogP contribution >= 0.6 is 27.5 Å². The summed E-state index contributed by atoms with van der Waals surface area (Å²) in [5, 5.41) is 3.79. The number of hydrogen-bond acceptors (Lipinski definition) is 3. The topological polar surface area (TPSA) is 30.5 Å². The van der Waals surface area contributed by atoms with Crippen molar-refractivity contribution in [1.82, 2.24) is 5.32 Å². The van der Waals surface area contributed by atoms with Crippen LogP contribution in [0.1, 0.15) is 5.56 Å². The number of ether oxygens (including phenoxy) is 2. The monoisotopic (exact) mass is 369 g/mol. The summed E-state index contributed by atoms with van der Waals surface area (Å²) in [7, 11) is 1.88. The van der Waals surface area contributed by atoms with E-state index >= 15 is 0 Å². The smallest absolute Gasteiger partial charge is 0.125 e. The van der Waals surface area contributed by atoms with Crippen LogP contribution < -0.4 is 14.8 Å². The van der Waals surface area contributed by atoms with Gasteiger partial charge in [-0.3, -0.25) is 0 Å². The molecular formula is C16H17BrClNO2. The van der Waals surface area contributed by atoms with Gasteiger partial charge in [-0.05, 0) is 43.4 Å². The third kappa shape index (κ3) is 4.92. The van der Waals surface area contributed by atoms with E-state index in [1.165, 1.54) is 0 Å². The summed E-state index contributed by atoms with van der Waals surface area (Å²) >= 11 is 9.56. The lowest BCUT2D eigenvalue weighted by Gasteiger charge is -2.13. The molecule has 0 bridgehead atoms. The molecule has 0 spiro atoms. The first kappa shape index (κ1) is 16.1. The standard InChI is InChI=1S/C16H17BrClNO2/c1-19-11-14-15(18)3-2-4-16(14)21-10-9-20-13-7-5-12(17)6-8-13/h2-8,19H,9-11H2,1H3. The Morgan fingerprint density at radius 1 is 1.05 bits per heavy atom. The van der Waals surface area contributed by atoms with Crippen LogP contribution in [0.5, 0.6) is 11.5 Å². The molecule has 21 heavy (non-hydrogen) atoms. The Kier molecular flexibility index (Phi) is 6.36. The predicted octanol–water partition coefficient (Wildman–Crippen LogP) is 4.28. The first-order valence-electron chi connectivity index (χ1n) is 6.64. The molecule has 0 amide bonds. The SMILES string of the molecule is CNCc1c(Cl)cccc1OCCOc1ccc(Br)cc1. The van der Waals surface area contributed by atoms with E-state index in [0.717, 1.165) is 21.5 Å². The summed E-state index contributed by atoms with van der Waals surface area (Å²) in [4.78, 5) is 0. The van der Waals surface area contributed by atoms with Gasteiger partial charge in [0.15, 0.2) is 0 Å². The first-order chi connectivity index (χ1) is 10.2. The highest BCUT2D eigenvalue weighted by molar-refractivity contribution is 9.10. The van der Waals surface area contributed by atoms with Gasteiger partial charge in [0.1, 0.15) is 24.7 Å². The van der Waals surface area contributed by atoms with Crippen molar-refractivity contribution in [2.75, 3.05) is 20.3 Å². The van der Waals surface area contributed by atoms with Crippen LogP contribution in [-0.4, -0.2) is 20.3 Å². The van der Waals surface area contributed by atoms with E-state index in [2.05, 4.69) is 21.2 Å². The van der Waals surface area contributed by atoms with Crippen LogP contribution in [-0.2, 0) is 6.54 Å². The molecule has 5 heteroatoms. The fourth-order valence-corrected chi connectivity index (χ4v) is 2.36. The quantitative estimate of drug-likeness (QED) is 0.738. The molecule has 3 nitrogen and oxygen atoms in total. The molecule has 0 unspecified atom stereocenters. The Morgan fingerprint density at radius 3 is 2.48 bits per heavy atom. The normalized spacial score (nSPS) is 10.4. The Bertz CT molecular complexity index is 575. The lowest BCUT2D eigenvalue weighted by Crippen LogP contribution is -2.12. The van der Waals surface area contributed by atoms with Crippen LogP contribution in [0.2, 0.25) is 5.02 Å². The molecule has 2 rings (SSSR count). The number of benzene rings is 2. The molecule has 0 fully saturated rings. The number of rotatable bonds is 7. The molecule has 112 valence electrons. The third-order valence-electron chi connectivity index (χ3n) is 2.85. The summed E-state index contributed by atoms with van der Waals surface area (Å²) in [5.74, 6) is 1.61. The van der Waals surface area contributed by atoms with Crippen LogP contribution in [0.4, 0.5) is 0 Å². The highest BCUT2D eigenvalue weighted by atomic mass is 79.9. The van der Waals surface area contributed by atoms with Crippen LogP contribution in [0.15, 0.2) is 46.9 Å². The van der Waals surface area contributed by atoms with Crippen LogP contribution in [0.25, 0.3) is 0 Å². The Morgan fingerprint density at radius 2 is 1.76 bits per heavy atom.